The summed E-state index contributed by atoms with van der Waals surface area (Å²) in [5.41, 5.74) is 2.59. The van der Waals surface area contributed by atoms with E-state index in [4.69, 9.17) is 4.74 Å². The van der Waals surface area contributed by atoms with Gasteiger partial charge in [0.1, 0.15) is 5.82 Å². The standard InChI is InChI=1S/C14H16N2O2/c1-3-11-8-13(17)16-14(15-11)12-7-5-4-6-10(12)9-18-2/h4-8H,3,9H2,1-2H3,(H,15,16,17). The number of nitrogens with one attached hydrogen (secondary N) is 1. The number of aromatic amines is 1. The molecule has 0 unspecified atom stereocenters. The van der Waals surface area contributed by atoms with Gasteiger partial charge in [-0.15, -0.1) is 0 Å². The van der Waals surface area contributed by atoms with Crippen molar-refractivity contribution in [3.63, 3.8) is 0 Å². The molecular weight excluding hydrogens is 228 g/mol. The van der Waals surface area contributed by atoms with Gasteiger partial charge in [0.2, 0.25) is 0 Å². The zero-order chi connectivity index (χ0) is 13.0. The predicted octanol–water partition coefficient (Wildman–Crippen LogP) is 2.15. The molecule has 4 heteroatoms. The van der Waals surface area contributed by atoms with E-state index in [1.54, 1.807) is 7.11 Å². The molecule has 0 spiro atoms. The van der Waals surface area contributed by atoms with Gasteiger partial charge in [0.15, 0.2) is 0 Å². The number of benzene rings is 1. The fraction of sp³-hybridized carbons (Fsp3) is 0.286. The molecule has 0 saturated heterocycles. The van der Waals surface area contributed by atoms with Crippen molar-refractivity contribution in [1.82, 2.24) is 9.97 Å². The molecule has 0 aliphatic rings. The van der Waals surface area contributed by atoms with Gasteiger partial charge in [-0.05, 0) is 12.0 Å². The topological polar surface area (TPSA) is 55.0 Å². The fourth-order valence-corrected chi connectivity index (χ4v) is 1.85. The Kier molecular flexibility index (Phi) is 3.89. The van der Waals surface area contributed by atoms with E-state index in [0.717, 1.165) is 23.2 Å². The van der Waals surface area contributed by atoms with Crippen LogP contribution in [0.4, 0.5) is 0 Å². The first-order chi connectivity index (χ1) is 8.74. The van der Waals surface area contributed by atoms with Crippen LogP contribution in [-0.2, 0) is 17.8 Å². The van der Waals surface area contributed by atoms with Crippen LogP contribution in [0.3, 0.4) is 0 Å². The molecule has 0 aliphatic heterocycles. The van der Waals surface area contributed by atoms with Crippen molar-refractivity contribution >= 4 is 0 Å². The summed E-state index contributed by atoms with van der Waals surface area (Å²) in [7, 11) is 1.65. The lowest BCUT2D eigenvalue weighted by Crippen LogP contribution is -2.10. The van der Waals surface area contributed by atoms with E-state index in [1.165, 1.54) is 6.07 Å². The highest BCUT2D eigenvalue weighted by atomic mass is 16.5. The van der Waals surface area contributed by atoms with Gasteiger partial charge in [-0.2, -0.15) is 0 Å². The molecule has 0 aliphatic carbocycles. The van der Waals surface area contributed by atoms with Gasteiger partial charge < -0.3 is 9.72 Å². The second-order valence-corrected chi connectivity index (χ2v) is 4.03. The lowest BCUT2D eigenvalue weighted by atomic mass is 10.1. The second-order valence-electron chi connectivity index (χ2n) is 4.03. The normalized spacial score (nSPS) is 10.6. The number of hydrogen-bond acceptors (Lipinski definition) is 3. The van der Waals surface area contributed by atoms with Crippen molar-refractivity contribution in [2.24, 2.45) is 0 Å². The first-order valence-corrected chi connectivity index (χ1v) is 5.92. The van der Waals surface area contributed by atoms with E-state index in [1.807, 2.05) is 31.2 Å². The molecule has 1 aromatic heterocycles. The molecule has 0 amide bonds. The molecular formula is C14H16N2O2. The average molecular weight is 244 g/mol. The van der Waals surface area contributed by atoms with Crippen LogP contribution in [-0.4, -0.2) is 17.1 Å². The van der Waals surface area contributed by atoms with Crippen LogP contribution in [0.15, 0.2) is 35.1 Å². The minimum absolute atomic E-state index is 0.121. The van der Waals surface area contributed by atoms with Gasteiger partial charge in [-0.25, -0.2) is 4.98 Å². The van der Waals surface area contributed by atoms with Gasteiger partial charge in [-0.3, -0.25) is 4.79 Å². The van der Waals surface area contributed by atoms with Gasteiger partial charge in [-0.1, -0.05) is 31.2 Å². The molecule has 2 aromatic rings. The predicted molar refractivity (Wildman–Crippen MR) is 70.4 cm³/mol. The van der Waals surface area contributed by atoms with Crippen molar-refractivity contribution < 1.29 is 4.74 Å². The fourth-order valence-electron chi connectivity index (χ4n) is 1.85. The van der Waals surface area contributed by atoms with E-state index in [0.29, 0.717) is 12.4 Å². The first-order valence-electron chi connectivity index (χ1n) is 5.92. The van der Waals surface area contributed by atoms with Crippen molar-refractivity contribution in [1.29, 1.82) is 0 Å². The molecule has 1 N–H and O–H groups in total. The number of nitrogens with zero attached hydrogens (tertiary/aromatic N) is 1. The van der Waals surface area contributed by atoms with Gasteiger partial charge in [0, 0.05) is 24.4 Å². The number of methoxy groups -OCH3 is 1. The summed E-state index contributed by atoms with van der Waals surface area (Å²) < 4.78 is 5.16. The third-order valence-corrected chi connectivity index (χ3v) is 2.73. The Morgan fingerprint density at radius 3 is 2.83 bits per heavy atom. The summed E-state index contributed by atoms with van der Waals surface area (Å²) in [6, 6.07) is 9.30. The Balaban J connectivity index is 2.54. The Morgan fingerprint density at radius 2 is 2.11 bits per heavy atom. The summed E-state index contributed by atoms with van der Waals surface area (Å²) in [5.74, 6) is 0.604. The first kappa shape index (κ1) is 12.5. The summed E-state index contributed by atoms with van der Waals surface area (Å²) in [6.07, 6.45) is 0.739. The average Bonchev–Trinajstić information content (AvgIpc) is 2.39. The molecule has 94 valence electrons. The highest BCUT2D eigenvalue weighted by molar-refractivity contribution is 5.59. The third-order valence-electron chi connectivity index (χ3n) is 2.73. The number of hydrogen-bond donors (Lipinski definition) is 1. The van der Waals surface area contributed by atoms with E-state index >= 15 is 0 Å². The highest BCUT2D eigenvalue weighted by Gasteiger charge is 2.07. The third kappa shape index (κ3) is 2.65. The number of rotatable bonds is 4. The quantitative estimate of drug-likeness (QED) is 0.896. The zero-order valence-electron chi connectivity index (χ0n) is 10.6. The molecule has 0 saturated carbocycles. The maximum atomic E-state index is 11.6. The highest BCUT2D eigenvalue weighted by Crippen LogP contribution is 2.20. The van der Waals surface area contributed by atoms with Gasteiger partial charge >= 0.3 is 0 Å². The van der Waals surface area contributed by atoms with E-state index < -0.39 is 0 Å². The number of aromatic nitrogens is 2. The van der Waals surface area contributed by atoms with E-state index in [9.17, 15) is 4.79 Å². The Hall–Kier alpha value is -1.94. The maximum Gasteiger partial charge on any atom is 0.251 e. The second kappa shape index (κ2) is 5.60. The number of ether oxygens (including phenoxy) is 1. The summed E-state index contributed by atoms with van der Waals surface area (Å²) in [6.45, 7) is 2.48. The molecule has 18 heavy (non-hydrogen) atoms. The molecule has 0 fully saturated rings. The van der Waals surface area contributed by atoms with E-state index in [2.05, 4.69) is 9.97 Å². The molecule has 2 rings (SSSR count). The minimum atomic E-state index is -0.121. The number of aryl methyl sites for hydroxylation is 1. The van der Waals surface area contributed by atoms with Crippen LogP contribution < -0.4 is 5.56 Å². The van der Waals surface area contributed by atoms with Crippen LogP contribution in [0.5, 0.6) is 0 Å². The molecule has 0 bridgehead atoms. The Labute approximate surface area is 106 Å². The lowest BCUT2D eigenvalue weighted by molar-refractivity contribution is 0.185. The molecule has 0 radical (unpaired) electrons. The molecule has 4 nitrogen and oxygen atoms in total. The minimum Gasteiger partial charge on any atom is -0.380 e. The monoisotopic (exact) mass is 244 g/mol. The number of H-pyrrole nitrogens is 1. The molecule has 1 aromatic carbocycles. The van der Waals surface area contributed by atoms with Crippen molar-refractivity contribution in [2.45, 2.75) is 20.0 Å². The summed E-state index contributed by atoms with van der Waals surface area (Å²) >= 11 is 0. The van der Waals surface area contributed by atoms with Gasteiger partial charge in [0.05, 0.1) is 6.61 Å². The SMILES string of the molecule is CCc1cc(=O)[nH]c(-c2ccccc2COC)n1. The van der Waals surface area contributed by atoms with Crippen molar-refractivity contribution in [2.75, 3.05) is 7.11 Å². The van der Waals surface area contributed by atoms with Gasteiger partial charge in [0.25, 0.3) is 5.56 Å². The maximum absolute atomic E-state index is 11.6. The zero-order valence-corrected chi connectivity index (χ0v) is 10.6. The van der Waals surface area contributed by atoms with Crippen LogP contribution in [0.25, 0.3) is 11.4 Å². The summed E-state index contributed by atoms with van der Waals surface area (Å²) in [5, 5.41) is 0. The Bertz CT molecular complexity index is 590. The van der Waals surface area contributed by atoms with Crippen LogP contribution in [0.2, 0.25) is 0 Å². The van der Waals surface area contributed by atoms with Crippen LogP contribution in [0, 0.1) is 0 Å². The molecule has 1 heterocycles. The van der Waals surface area contributed by atoms with Crippen LogP contribution in [0.1, 0.15) is 18.2 Å². The Morgan fingerprint density at radius 1 is 1.33 bits per heavy atom. The summed E-state index contributed by atoms with van der Waals surface area (Å²) in [4.78, 5) is 18.8. The lowest BCUT2D eigenvalue weighted by Gasteiger charge is -2.08. The van der Waals surface area contributed by atoms with Crippen molar-refractivity contribution in [3.05, 3.63) is 51.9 Å². The van der Waals surface area contributed by atoms with Crippen molar-refractivity contribution in [3.8, 4) is 11.4 Å². The van der Waals surface area contributed by atoms with Crippen LogP contribution >= 0.6 is 0 Å². The smallest absolute Gasteiger partial charge is 0.251 e. The van der Waals surface area contributed by atoms with E-state index in [-0.39, 0.29) is 5.56 Å². The molecule has 0 atom stereocenters. The largest absolute Gasteiger partial charge is 0.380 e.